The number of carbonyl (C=O) groups excluding carboxylic acids is 1. The number of benzene rings is 1. The molecule has 1 amide bonds. The summed E-state index contributed by atoms with van der Waals surface area (Å²) in [5.41, 5.74) is 0. The van der Waals surface area contributed by atoms with Gasteiger partial charge in [-0.2, -0.15) is 0 Å². The molecule has 1 fully saturated rings. The van der Waals surface area contributed by atoms with Gasteiger partial charge in [-0.3, -0.25) is 9.69 Å². The number of ether oxygens (including phenoxy) is 1. The number of hydrogen-bond donors (Lipinski definition) is 1. The van der Waals surface area contributed by atoms with E-state index in [1.165, 1.54) is 24.3 Å². The fraction of sp³-hybridized carbons (Fsp3) is 0.389. The Morgan fingerprint density at radius 2 is 1.93 bits per heavy atom. The van der Waals surface area contributed by atoms with E-state index >= 15 is 0 Å². The topological polar surface area (TPSA) is 75.7 Å². The van der Waals surface area contributed by atoms with Gasteiger partial charge < -0.3 is 10.1 Å². The van der Waals surface area contributed by atoms with E-state index in [2.05, 4.69) is 10.2 Å². The van der Waals surface area contributed by atoms with Crippen LogP contribution in [0.5, 0.6) is 0 Å². The van der Waals surface area contributed by atoms with E-state index in [-0.39, 0.29) is 10.9 Å². The molecule has 9 heteroatoms. The zero-order valence-electron chi connectivity index (χ0n) is 14.6. The maximum atomic E-state index is 12.4. The number of sulfone groups is 1. The molecule has 2 heterocycles. The van der Waals surface area contributed by atoms with Gasteiger partial charge in [0.1, 0.15) is 5.75 Å². The Bertz CT molecular complexity index is 848. The molecule has 1 aromatic heterocycles. The maximum absolute atomic E-state index is 12.4. The van der Waals surface area contributed by atoms with Crippen LogP contribution in [0.1, 0.15) is 10.9 Å². The highest BCUT2D eigenvalue weighted by Gasteiger charge is 2.25. The number of hydrogen-bond acceptors (Lipinski definition) is 6. The molecule has 1 saturated heterocycles. The summed E-state index contributed by atoms with van der Waals surface area (Å²) in [5.74, 6) is -1.10. The first-order chi connectivity index (χ1) is 13.0. The summed E-state index contributed by atoms with van der Waals surface area (Å²) in [6, 6.07) is 9.83. The van der Waals surface area contributed by atoms with E-state index in [0.29, 0.717) is 24.8 Å². The van der Waals surface area contributed by atoms with E-state index in [0.717, 1.165) is 18.0 Å². The van der Waals surface area contributed by atoms with Crippen molar-refractivity contribution in [2.24, 2.45) is 0 Å². The first-order valence-electron chi connectivity index (χ1n) is 8.56. The van der Waals surface area contributed by atoms with Gasteiger partial charge >= 0.3 is 0 Å². The minimum absolute atomic E-state index is 0.0103. The van der Waals surface area contributed by atoms with Crippen molar-refractivity contribution < 1.29 is 17.9 Å². The lowest BCUT2D eigenvalue weighted by Gasteiger charge is -2.34. The standard InChI is InChI=1S/C18H21ClN2O4S2/c19-14-3-5-15(6-4-14)27(23,24)13-18(22)20-12-16(17-2-1-11-26-17)21-7-9-25-10-8-21/h1-6,11,16H,7-10,12-13H2,(H,20,22). The minimum atomic E-state index is -3.70. The molecule has 1 N–H and O–H groups in total. The lowest BCUT2D eigenvalue weighted by molar-refractivity contribution is -0.119. The van der Waals surface area contributed by atoms with Gasteiger partial charge in [0.05, 0.1) is 24.2 Å². The van der Waals surface area contributed by atoms with Crippen LogP contribution in [0, 0.1) is 0 Å². The van der Waals surface area contributed by atoms with E-state index in [1.54, 1.807) is 11.3 Å². The Morgan fingerprint density at radius 1 is 1.22 bits per heavy atom. The predicted molar refractivity (Wildman–Crippen MR) is 106 cm³/mol. The molecular formula is C18H21ClN2O4S2. The van der Waals surface area contributed by atoms with Crippen LogP contribution in [-0.4, -0.2) is 57.8 Å². The molecule has 2 aromatic rings. The summed E-state index contributed by atoms with van der Waals surface area (Å²) in [6.45, 7) is 3.22. The van der Waals surface area contributed by atoms with E-state index in [1.807, 2.05) is 17.5 Å². The predicted octanol–water partition coefficient (Wildman–Crippen LogP) is 2.36. The average Bonchev–Trinajstić information content (AvgIpc) is 3.17. The number of nitrogens with one attached hydrogen (secondary N) is 1. The highest BCUT2D eigenvalue weighted by molar-refractivity contribution is 7.92. The smallest absolute Gasteiger partial charge is 0.235 e. The van der Waals surface area contributed by atoms with Gasteiger partial charge in [0.25, 0.3) is 0 Å². The third-order valence-corrected chi connectivity index (χ3v) is 7.20. The first-order valence-corrected chi connectivity index (χ1v) is 11.5. The molecule has 27 heavy (non-hydrogen) atoms. The normalized spacial score (nSPS) is 16.8. The van der Waals surface area contributed by atoms with Crippen LogP contribution in [0.2, 0.25) is 5.02 Å². The second kappa shape index (κ2) is 9.16. The van der Waals surface area contributed by atoms with Crippen molar-refractivity contribution in [1.29, 1.82) is 0 Å². The number of carbonyl (C=O) groups is 1. The van der Waals surface area contributed by atoms with E-state index in [4.69, 9.17) is 16.3 Å². The van der Waals surface area contributed by atoms with E-state index in [9.17, 15) is 13.2 Å². The SMILES string of the molecule is O=C(CS(=O)(=O)c1ccc(Cl)cc1)NCC(c1cccs1)N1CCOCC1. The van der Waals surface area contributed by atoms with Gasteiger partial charge in [-0.15, -0.1) is 11.3 Å². The van der Waals surface area contributed by atoms with Crippen LogP contribution in [0.3, 0.4) is 0 Å². The average molecular weight is 429 g/mol. The van der Waals surface area contributed by atoms with Crippen LogP contribution in [0.4, 0.5) is 0 Å². The van der Waals surface area contributed by atoms with Gasteiger partial charge in [0, 0.05) is 29.5 Å². The Labute approximate surface area is 168 Å². The summed E-state index contributed by atoms with van der Waals surface area (Å²) in [6.07, 6.45) is 0. The van der Waals surface area contributed by atoms with Crippen molar-refractivity contribution in [3.63, 3.8) is 0 Å². The highest BCUT2D eigenvalue weighted by Crippen LogP contribution is 2.25. The van der Waals surface area contributed by atoms with Crippen LogP contribution in [-0.2, 0) is 19.4 Å². The van der Waals surface area contributed by atoms with Crippen molar-refractivity contribution in [3.05, 3.63) is 51.7 Å². The Hall–Kier alpha value is -1.45. The van der Waals surface area contributed by atoms with Gasteiger partial charge in [0.2, 0.25) is 5.91 Å². The second-order valence-corrected chi connectivity index (χ2v) is 9.60. The van der Waals surface area contributed by atoms with Gasteiger partial charge in [-0.1, -0.05) is 17.7 Å². The minimum Gasteiger partial charge on any atom is -0.379 e. The van der Waals surface area contributed by atoms with Crippen molar-refractivity contribution in [2.75, 3.05) is 38.6 Å². The molecule has 6 nitrogen and oxygen atoms in total. The molecule has 1 unspecified atom stereocenters. The van der Waals surface area contributed by atoms with Crippen LogP contribution in [0.25, 0.3) is 0 Å². The summed E-state index contributed by atoms with van der Waals surface area (Å²) < 4.78 is 30.2. The molecule has 1 aliphatic rings. The third-order valence-electron chi connectivity index (χ3n) is 4.34. The third kappa shape index (κ3) is 5.52. The first kappa shape index (κ1) is 20.3. The summed E-state index contributed by atoms with van der Waals surface area (Å²) in [4.78, 5) is 15.8. The summed E-state index contributed by atoms with van der Waals surface area (Å²) in [7, 11) is -3.70. The quantitative estimate of drug-likeness (QED) is 0.732. The molecule has 1 aliphatic heterocycles. The van der Waals surface area contributed by atoms with Crippen molar-refractivity contribution >= 4 is 38.7 Å². The molecule has 0 radical (unpaired) electrons. The number of nitrogens with zero attached hydrogens (tertiary/aromatic N) is 1. The second-order valence-electron chi connectivity index (χ2n) is 6.20. The molecule has 3 rings (SSSR count). The van der Waals surface area contributed by atoms with Gasteiger partial charge in [-0.05, 0) is 35.7 Å². The molecular weight excluding hydrogens is 408 g/mol. The molecule has 146 valence electrons. The van der Waals surface area contributed by atoms with E-state index < -0.39 is 21.5 Å². The molecule has 1 aromatic carbocycles. The largest absolute Gasteiger partial charge is 0.379 e. The van der Waals surface area contributed by atoms with Gasteiger partial charge in [-0.25, -0.2) is 8.42 Å². The summed E-state index contributed by atoms with van der Waals surface area (Å²) >= 11 is 7.41. The molecule has 0 spiro atoms. The summed E-state index contributed by atoms with van der Waals surface area (Å²) in [5, 5.41) is 5.23. The maximum Gasteiger partial charge on any atom is 0.235 e. The van der Waals surface area contributed by atoms with Crippen LogP contribution >= 0.6 is 22.9 Å². The fourth-order valence-corrected chi connectivity index (χ4v) is 5.09. The number of amides is 1. The van der Waals surface area contributed by atoms with Crippen molar-refractivity contribution in [1.82, 2.24) is 10.2 Å². The molecule has 0 bridgehead atoms. The Morgan fingerprint density at radius 3 is 2.56 bits per heavy atom. The molecule has 0 aliphatic carbocycles. The Balaban J connectivity index is 1.62. The van der Waals surface area contributed by atoms with Gasteiger partial charge in [0.15, 0.2) is 9.84 Å². The monoisotopic (exact) mass is 428 g/mol. The number of rotatable bonds is 7. The fourth-order valence-electron chi connectivity index (χ4n) is 2.94. The number of thiophene rings is 1. The number of morpholine rings is 1. The highest BCUT2D eigenvalue weighted by atomic mass is 35.5. The molecule has 1 atom stereocenters. The zero-order chi connectivity index (χ0) is 19.3. The zero-order valence-corrected chi connectivity index (χ0v) is 17.0. The van der Waals surface area contributed by atoms with Crippen LogP contribution in [0.15, 0.2) is 46.7 Å². The van der Waals surface area contributed by atoms with Crippen molar-refractivity contribution in [2.45, 2.75) is 10.9 Å². The lowest BCUT2D eigenvalue weighted by Crippen LogP contribution is -2.44. The number of halogens is 1. The van der Waals surface area contributed by atoms with Crippen LogP contribution < -0.4 is 5.32 Å². The lowest BCUT2D eigenvalue weighted by atomic mass is 10.2. The molecule has 0 saturated carbocycles. The van der Waals surface area contributed by atoms with Crippen molar-refractivity contribution in [3.8, 4) is 0 Å². The Kier molecular flexibility index (Phi) is 6.88.